The minimum absolute atomic E-state index is 0.209. The third-order valence-corrected chi connectivity index (χ3v) is 3.78. The Morgan fingerprint density at radius 3 is 2.58 bits per heavy atom. The number of ketones is 1. The van der Waals surface area contributed by atoms with E-state index in [9.17, 15) is 9.59 Å². The number of hydrogen-bond donors (Lipinski definition) is 2. The van der Waals surface area contributed by atoms with E-state index >= 15 is 0 Å². The van der Waals surface area contributed by atoms with Gasteiger partial charge in [0.1, 0.15) is 23.2 Å². The zero-order valence-corrected chi connectivity index (χ0v) is 15.3. The normalized spacial score (nSPS) is 12.0. The third-order valence-electron chi connectivity index (χ3n) is 3.78. The zero-order valence-electron chi connectivity index (χ0n) is 15.3. The number of Topliss-reactive ketones (excluding diaryl/α,β-unsaturated/α-hetero) is 1. The summed E-state index contributed by atoms with van der Waals surface area (Å²) in [7, 11) is 0. The molecule has 0 saturated carbocycles. The summed E-state index contributed by atoms with van der Waals surface area (Å²) >= 11 is 0. The molecule has 1 heterocycles. The number of ether oxygens (including phenoxy) is 1. The number of H-pyrrole nitrogens is 1. The minimum atomic E-state index is -0.469. The molecule has 0 spiro atoms. The first-order valence-corrected chi connectivity index (χ1v) is 8.53. The van der Waals surface area contributed by atoms with Crippen molar-refractivity contribution in [2.75, 3.05) is 6.54 Å². The molecule has 1 amide bonds. The highest BCUT2D eigenvalue weighted by Crippen LogP contribution is 2.31. The standard InChI is InChI=1S/C21H24N2O3/c1-5-10-14(3)20(16-11-8-7-9-12-16)26-18-13-17(21(25)22-6-2)23-19(18)15(4)24/h5,7-13,20,23H,3,6H2,1-2,4H3,(H,22,25)/b10-5-. The summed E-state index contributed by atoms with van der Waals surface area (Å²) in [6.07, 6.45) is 3.27. The molecule has 0 aliphatic heterocycles. The quantitative estimate of drug-likeness (QED) is 0.552. The van der Waals surface area contributed by atoms with Gasteiger partial charge in [0.15, 0.2) is 5.78 Å². The van der Waals surface area contributed by atoms with Crippen molar-refractivity contribution in [3.05, 3.63) is 77.7 Å². The van der Waals surface area contributed by atoms with Gasteiger partial charge in [0.05, 0.1) is 0 Å². The van der Waals surface area contributed by atoms with Crippen LogP contribution in [0.3, 0.4) is 0 Å². The number of rotatable bonds is 8. The van der Waals surface area contributed by atoms with Crippen molar-refractivity contribution in [3.63, 3.8) is 0 Å². The molecule has 2 N–H and O–H groups in total. The van der Waals surface area contributed by atoms with Gasteiger partial charge in [0.25, 0.3) is 5.91 Å². The van der Waals surface area contributed by atoms with E-state index < -0.39 is 6.10 Å². The van der Waals surface area contributed by atoms with E-state index in [0.717, 1.165) is 11.1 Å². The molecule has 0 bridgehead atoms. The number of aromatic nitrogens is 1. The van der Waals surface area contributed by atoms with Crippen molar-refractivity contribution >= 4 is 11.7 Å². The molecule has 0 fully saturated rings. The van der Waals surface area contributed by atoms with E-state index in [-0.39, 0.29) is 23.1 Å². The first-order valence-electron chi connectivity index (χ1n) is 8.53. The lowest BCUT2D eigenvalue weighted by atomic mass is 10.0. The van der Waals surface area contributed by atoms with E-state index in [2.05, 4.69) is 16.9 Å². The predicted molar refractivity (Wildman–Crippen MR) is 103 cm³/mol. The van der Waals surface area contributed by atoms with Crippen LogP contribution in [0.2, 0.25) is 0 Å². The lowest BCUT2D eigenvalue weighted by molar-refractivity contribution is 0.0951. The number of carbonyl (C=O) groups excluding carboxylic acids is 2. The van der Waals surface area contributed by atoms with Crippen LogP contribution in [0.15, 0.2) is 60.7 Å². The van der Waals surface area contributed by atoms with E-state index in [1.165, 1.54) is 6.92 Å². The third kappa shape index (κ3) is 4.51. The van der Waals surface area contributed by atoms with E-state index in [0.29, 0.717) is 12.3 Å². The highest BCUT2D eigenvalue weighted by atomic mass is 16.5. The lowest BCUT2D eigenvalue weighted by Crippen LogP contribution is -2.23. The number of aromatic amines is 1. The van der Waals surface area contributed by atoms with Crippen LogP contribution in [-0.2, 0) is 0 Å². The molecule has 0 aliphatic carbocycles. The molecular formula is C21H24N2O3. The summed E-state index contributed by atoms with van der Waals surface area (Å²) in [4.78, 5) is 26.9. The van der Waals surface area contributed by atoms with E-state index in [4.69, 9.17) is 4.74 Å². The second kappa shape index (κ2) is 8.85. The van der Waals surface area contributed by atoms with Crippen LogP contribution in [0, 0.1) is 0 Å². The molecule has 1 aromatic carbocycles. The molecule has 1 atom stereocenters. The van der Waals surface area contributed by atoms with Crippen LogP contribution < -0.4 is 10.1 Å². The van der Waals surface area contributed by atoms with Crippen LogP contribution in [0.25, 0.3) is 0 Å². The fourth-order valence-electron chi connectivity index (χ4n) is 2.58. The Bertz CT molecular complexity index is 819. The Hall–Kier alpha value is -3.08. The van der Waals surface area contributed by atoms with Crippen molar-refractivity contribution < 1.29 is 14.3 Å². The van der Waals surface area contributed by atoms with Crippen LogP contribution in [0.5, 0.6) is 5.75 Å². The molecule has 26 heavy (non-hydrogen) atoms. The second-order valence-electron chi connectivity index (χ2n) is 5.82. The maximum absolute atomic E-state index is 12.1. The van der Waals surface area contributed by atoms with Gasteiger partial charge >= 0.3 is 0 Å². The maximum Gasteiger partial charge on any atom is 0.267 e. The summed E-state index contributed by atoms with van der Waals surface area (Å²) in [5.41, 5.74) is 2.20. The van der Waals surface area contributed by atoms with Gasteiger partial charge in [-0.25, -0.2) is 0 Å². The molecular weight excluding hydrogens is 328 g/mol. The largest absolute Gasteiger partial charge is 0.479 e. The van der Waals surface area contributed by atoms with Gasteiger partial charge in [0.2, 0.25) is 0 Å². The molecule has 0 radical (unpaired) electrons. The van der Waals surface area contributed by atoms with Gasteiger partial charge in [-0.2, -0.15) is 0 Å². The molecule has 2 aromatic rings. The zero-order chi connectivity index (χ0) is 19.1. The van der Waals surface area contributed by atoms with Crippen molar-refractivity contribution in [2.24, 2.45) is 0 Å². The smallest absolute Gasteiger partial charge is 0.267 e. The van der Waals surface area contributed by atoms with Crippen LogP contribution in [-0.4, -0.2) is 23.2 Å². The molecule has 5 nitrogen and oxygen atoms in total. The van der Waals surface area contributed by atoms with Crippen molar-refractivity contribution in [1.29, 1.82) is 0 Å². The summed E-state index contributed by atoms with van der Waals surface area (Å²) in [6.45, 7) is 9.73. The number of benzene rings is 1. The van der Waals surface area contributed by atoms with Crippen molar-refractivity contribution in [1.82, 2.24) is 10.3 Å². The molecule has 0 aliphatic rings. The van der Waals surface area contributed by atoms with E-state index in [1.54, 1.807) is 6.07 Å². The molecule has 1 aromatic heterocycles. The van der Waals surface area contributed by atoms with Gasteiger partial charge in [-0.1, -0.05) is 49.1 Å². The monoisotopic (exact) mass is 352 g/mol. The van der Waals surface area contributed by atoms with Gasteiger partial charge in [-0.05, 0) is 25.0 Å². The molecule has 5 heteroatoms. The maximum atomic E-state index is 12.1. The average molecular weight is 352 g/mol. The molecule has 0 saturated heterocycles. The Morgan fingerprint density at radius 2 is 2.00 bits per heavy atom. The van der Waals surface area contributed by atoms with E-state index in [1.807, 2.05) is 56.3 Å². The van der Waals surface area contributed by atoms with Gasteiger partial charge in [0, 0.05) is 19.5 Å². The SMILES string of the molecule is C=C(/C=C\C)C(Oc1cc(C(=O)NCC)[nH]c1C(C)=O)c1ccccc1. The predicted octanol–water partition coefficient (Wildman–Crippen LogP) is 4.22. The summed E-state index contributed by atoms with van der Waals surface area (Å²) in [6, 6.07) is 11.2. The Labute approximate surface area is 153 Å². The highest BCUT2D eigenvalue weighted by Gasteiger charge is 2.22. The molecule has 2 rings (SSSR count). The topological polar surface area (TPSA) is 71.2 Å². The van der Waals surface area contributed by atoms with Gasteiger partial charge in [-0.3, -0.25) is 9.59 Å². The van der Waals surface area contributed by atoms with Crippen LogP contribution in [0.4, 0.5) is 0 Å². The first-order chi connectivity index (χ1) is 12.5. The molecule has 136 valence electrons. The minimum Gasteiger partial charge on any atom is -0.479 e. The van der Waals surface area contributed by atoms with Crippen LogP contribution in [0.1, 0.15) is 53.4 Å². The fourth-order valence-corrected chi connectivity index (χ4v) is 2.58. The fraction of sp³-hybridized carbons (Fsp3) is 0.238. The highest BCUT2D eigenvalue weighted by molar-refractivity contribution is 5.99. The Kier molecular flexibility index (Phi) is 6.55. The average Bonchev–Trinajstić information content (AvgIpc) is 3.05. The number of allylic oxidation sites excluding steroid dienone is 1. The first kappa shape index (κ1) is 19.2. The Balaban J connectivity index is 2.42. The Morgan fingerprint density at radius 1 is 1.31 bits per heavy atom. The van der Waals surface area contributed by atoms with Crippen LogP contribution >= 0.6 is 0 Å². The van der Waals surface area contributed by atoms with Crippen molar-refractivity contribution in [3.8, 4) is 5.75 Å². The number of carbonyl (C=O) groups is 2. The summed E-state index contributed by atoms with van der Waals surface area (Å²) in [5.74, 6) is -0.161. The molecule has 1 unspecified atom stereocenters. The lowest BCUT2D eigenvalue weighted by Gasteiger charge is -2.20. The van der Waals surface area contributed by atoms with Crippen molar-refractivity contribution in [2.45, 2.75) is 26.9 Å². The second-order valence-corrected chi connectivity index (χ2v) is 5.82. The summed E-state index contributed by atoms with van der Waals surface area (Å²) in [5, 5.41) is 2.70. The van der Waals surface area contributed by atoms with Gasteiger partial charge in [-0.15, -0.1) is 0 Å². The summed E-state index contributed by atoms with van der Waals surface area (Å²) < 4.78 is 6.13. The number of hydrogen-bond acceptors (Lipinski definition) is 3. The number of amides is 1. The van der Waals surface area contributed by atoms with Gasteiger partial charge < -0.3 is 15.0 Å². The number of nitrogens with one attached hydrogen (secondary N) is 2.